The Labute approximate surface area is 178 Å². The maximum absolute atomic E-state index is 13.3. The number of fused-ring (bicyclic) bond motifs is 1. The molecule has 0 saturated carbocycles. The van der Waals surface area contributed by atoms with Crippen LogP contribution in [-0.2, 0) is 21.4 Å². The van der Waals surface area contributed by atoms with Gasteiger partial charge in [0.15, 0.2) is 0 Å². The average Bonchev–Trinajstić information content (AvgIpc) is 2.85. The van der Waals surface area contributed by atoms with Crippen molar-refractivity contribution in [3.05, 3.63) is 59.2 Å². The Morgan fingerprint density at radius 3 is 2.43 bits per heavy atom. The summed E-state index contributed by atoms with van der Waals surface area (Å²) in [7, 11) is -3.64. The number of carbonyl (C=O) groups excluding carboxylic acids is 1. The molecule has 1 fully saturated rings. The third-order valence-corrected chi connectivity index (χ3v) is 7.85. The first-order valence-electron chi connectivity index (χ1n) is 10.3. The van der Waals surface area contributed by atoms with Crippen LogP contribution in [0, 0.1) is 13.8 Å². The largest absolute Gasteiger partial charge is 0.484 e. The molecule has 160 valence electrons. The molecule has 1 saturated heterocycles. The van der Waals surface area contributed by atoms with Crippen molar-refractivity contribution in [1.82, 2.24) is 9.21 Å². The van der Waals surface area contributed by atoms with Gasteiger partial charge < -0.3 is 9.64 Å². The molecule has 30 heavy (non-hydrogen) atoms. The Morgan fingerprint density at radius 2 is 1.73 bits per heavy atom. The minimum Gasteiger partial charge on any atom is -0.484 e. The number of piperidine rings is 1. The predicted molar refractivity (Wildman–Crippen MR) is 115 cm³/mol. The van der Waals surface area contributed by atoms with Crippen LogP contribution in [0.15, 0.2) is 47.4 Å². The molecule has 2 aromatic rings. The van der Waals surface area contributed by atoms with E-state index >= 15 is 0 Å². The van der Waals surface area contributed by atoms with Crippen molar-refractivity contribution >= 4 is 15.9 Å². The fraction of sp³-hybridized carbons (Fsp3) is 0.435. The van der Waals surface area contributed by atoms with Crippen LogP contribution in [0.5, 0.6) is 5.75 Å². The fourth-order valence-electron chi connectivity index (χ4n) is 4.36. The number of amides is 1. The number of ether oxygens (including phenoxy) is 1. The first-order valence-corrected chi connectivity index (χ1v) is 11.7. The van der Waals surface area contributed by atoms with Gasteiger partial charge in [-0.05, 0) is 44.9 Å². The van der Waals surface area contributed by atoms with Crippen LogP contribution < -0.4 is 4.74 Å². The van der Waals surface area contributed by atoms with Crippen LogP contribution in [0.25, 0.3) is 0 Å². The fourth-order valence-corrected chi connectivity index (χ4v) is 5.92. The van der Waals surface area contributed by atoms with E-state index in [1.54, 1.807) is 24.0 Å². The summed E-state index contributed by atoms with van der Waals surface area (Å²) in [5, 5.41) is 0. The number of sulfonamides is 1. The van der Waals surface area contributed by atoms with Crippen molar-refractivity contribution in [2.75, 3.05) is 19.6 Å². The van der Waals surface area contributed by atoms with Crippen molar-refractivity contribution in [3.63, 3.8) is 0 Å². The summed E-state index contributed by atoms with van der Waals surface area (Å²) in [6.07, 6.45) is 1.38. The Hall–Kier alpha value is -2.38. The molecule has 2 heterocycles. The predicted octanol–water partition coefficient (Wildman–Crippen LogP) is 3.27. The van der Waals surface area contributed by atoms with Crippen LogP contribution in [0.4, 0.5) is 0 Å². The van der Waals surface area contributed by atoms with Gasteiger partial charge in [-0.3, -0.25) is 4.79 Å². The van der Waals surface area contributed by atoms with Gasteiger partial charge in [-0.2, -0.15) is 4.31 Å². The van der Waals surface area contributed by atoms with Gasteiger partial charge in [0.1, 0.15) is 11.4 Å². The summed E-state index contributed by atoms with van der Waals surface area (Å²) in [4.78, 5) is 14.4. The molecule has 0 aliphatic carbocycles. The molecule has 1 atom stereocenters. The van der Waals surface area contributed by atoms with Crippen molar-refractivity contribution in [1.29, 1.82) is 0 Å². The molecule has 1 spiro atoms. The third kappa shape index (κ3) is 3.96. The monoisotopic (exact) mass is 428 g/mol. The van der Waals surface area contributed by atoms with E-state index in [0.29, 0.717) is 37.4 Å². The maximum Gasteiger partial charge on any atom is 0.243 e. The Morgan fingerprint density at radius 1 is 1.03 bits per heavy atom. The second-order valence-corrected chi connectivity index (χ2v) is 10.5. The molecule has 4 rings (SSSR count). The van der Waals surface area contributed by atoms with Gasteiger partial charge in [0.2, 0.25) is 15.9 Å². The van der Waals surface area contributed by atoms with Crippen LogP contribution in [0.2, 0.25) is 0 Å². The number of aryl methyl sites for hydroxylation is 2. The van der Waals surface area contributed by atoms with Crippen LogP contribution >= 0.6 is 0 Å². The zero-order valence-electron chi connectivity index (χ0n) is 17.7. The highest BCUT2D eigenvalue weighted by Crippen LogP contribution is 2.36. The highest BCUT2D eigenvalue weighted by molar-refractivity contribution is 7.89. The quantitative estimate of drug-likeness (QED) is 0.736. The summed E-state index contributed by atoms with van der Waals surface area (Å²) >= 11 is 0. The van der Waals surface area contributed by atoms with E-state index in [1.165, 1.54) is 4.31 Å². The van der Waals surface area contributed by atoms with Crippen molar-refractivity contribution in [2.45, 2.75) is 50.7 Å². The number of rotatable bonds is 2. The van der Waals surface area contributed by atoms with E-state index in [2.05, 4.69) is 0 Å². The molecular weight excluding hydrogens is 400 g/mol. The van der Waals surface area contributed by atoms with E-state index in [-0.39, 0.29) is 12.5 Å². The van der Waals surface area contributed by atoms with Gasteiger partial charge in [-0.15, -0.1) is 0 Å². The second-order valence-electron chi connectivity index (χ2n) is 8.53. The molecule has 7 heteroatoms. The number of nitrogens with zero attached hydrogens (tertiary/aromatic N) is 2. The van der Waals surface area contributed by atoms with E-state index in [4.69, 9.17) is 4.74 Å². The van der Waals surface area contributed by atoms with Gasteiger partial charge in [0.25, 0.3) is 0 Å². The molecule has 0 radical (unpaired) electrons. The number of hydrogen-bond acceptors (Lipinski definition) is 4. The van der Waals surface area contributed by atoms with Crippen molar-refractivity contribution < 1.29 is 17.9 Å². The summed E-state index contributed by atoms with van der Waals surface area (Å²) in [6.45, 7) is 7.01. The summed E-state index contributed by atoms with van der Waals surface area (Å²) in [5.74, 6) is 0.699. The molecule has 2 aliphatic rings. The Balaban J connectivity index is 1.69. The lowest BCUT2D eigenvalue weighted by molar-refractivity contribution is -0.132. The molecule has 6 nitrogen and oxygen atoms in total. The topological polar surface area (TPSA) is 66.9 Å². The third-order valence-electron chi connectivity index (χ3n) is 5.99. The standard InChI is InChI=1S/C23H28N2O4S/c1-17-5-8-21(9-6-17)30(27,28)25-12-4-11-23(16-25)15-24(19(3)26)14-20-13-18(2)7-10-22(20)29-23/h5-10,13H,4,11-12,14-16H2,1-3H3/t23-/m0/s1. The van der Waals surface area contributed by atoms with Gasteiger partial charge in [0, 0.05) is 25.6 Å². The normalized spacial score (nSPS) is 22.3. The van der Waals surface area contributed by atoms with Gasteiger partial charge in [0.05, 0.1) is 18.0 Å². The molecule has 1 amide bonds. The smallest absolute Gasteiger partial charge is 0.243 e. The SMILES string of the molecule is CC(=O)N1Cc2cc(C)ccc2O[C@@]2(CCCN(S(=O)(=O)c3ccc(C)cc3)C2)C1. The Kier molecular flexibility index (Phi) is 5.36. The molecule has 2 aliphatic heterocycles. The summed E-state index contributed by atoms with van der Waals surface area (Å²) in [5.41, 5.74) is 2.31. The zero-order chi connectivity index (χ0) is 21.5. The van der Waals surface area contributed by atoms with Crippen molar-refractivity contribution in [3.8, 4) is 5.75 Å². The van der Waals surface area contributed by atoms with E-state index in [1.807, 2.05) is 44.2 Å². The van der Waals surface area contributed by atoms with Crippen LogP contribution in [0.1, 0.15) is 36.5 Å². The summed E-state index contributed by atoms with van der Waals surface area (Å²) < 4.78 is 34.6. The summed E-state index contributed by atoms with van der Waals surface area (Å²) in [6, 6.07) is 12.9. The van der Waals surface area contributed by atoms with E-state index in [0.717, 1.165) is 22.4 Å². The van der Waals surface area contributed by atoms with Gasteiger partial charge in [-0.25, -0.2) is 8.42 Å². The minimum absolute atomic E-state index is 0.0363. The van der Waals surface area contributed by atoms with E-state index in [9.17, 15) is 13.2 Å². The van der Waals surface area contributed by atoms with Gasteiger partial charge >= 0.3 is 0 Å². The zero-order valence-corrected chi connectivity index (χ0v) is 18.5. The first-order chi connectivity index (χ1) is 14.2. The molecule has 0 unspecified atom stereocenters. The van der Waals surface area contributed by atoms with Gasteiger partial charge in [-0.1, -0.05) is 35.4 Å². The number of hydrogen-bond donors (Lipinski definition) is 0. The van der Waals surface area contributed by atoms with Crippen LogP contribution in [0.3, 0.4) is 0 Å². The first kappa shape index (κ1) is 20.9. The number of carbonyl (C=O) groups is 1. The highest BCUT2D eigenvalue weighted by Gasteiger charge is 2.45. The lowest BCUT2D eigenvalue weighted by atomic mass is 9.93. The molecule has 2 aromatic carbocycles. The van der Waals surface area contributed by atoms with Crippen LogP contribution in [-0.4, -0.2) is 48.8 Å². The number of benzene rings is 2. The van der Waals surface area contributed by atoms with E-state index < -0.39 is 15.6 Å². The minimum atomic E-state index is -3.64. The highest BCUT2D eigenvalue weighted by atomic mass is 32.2. The molecular formula is C23H28N2O4S. The van der Waals surface area contributed by atoms with Crippen molar-refractivity contribution in [2.24, 2.45) is 0 Å². The molecule has 0 N–H and O–H groups in total. The lowest BCUT2D eigenvalue weighted by Crippen LogP contribution is -2.58. The Bertz CT molecular complexity index is 1070. The lowest BCUT2D eigenvalue weighted by Gasteiger charge is -2.43. The molecule has 0 bridgehead atoms. The second kappa shape index (κ2) is 7.71. The molecule has 0 aromatic heterocycles. The maximum atomic E-state index is 13.3. The average molecular weight is 429 g/mol.